The third-order valence-corrected chi connectivity index (χ3v) is 3.27. The Hall–Kier alpha value is -1.26. The zero-order valence-corrected chi connectivity index (χ0v) is 13.3. The van der Waals surface area contributed by atoms with Crippen LogP contribution in [0.2, 0.25) is 5.02 Å². The van der Waals surface area contributed by atoms with Crippen LogP contribution in [-0.4, -0.2) is 32.1 Å². The summed E-state index contributed by atoms with van der Waals surface area (Å²) in [5, 5.41) is 6.85. The van der Waals surface area contributed by atoms with Crippen molar-refractivity contribution < 1.29 is 4.79 Å². The van der Waals surface area contributed by atoms with Crippen molar-refractivity contribution in [1.82, 2.24) is 10.6 Å². The normalized spacial score (nSPS) is 10.4. The van der Waals surface area contributed by atoms with E-state index >= 15 is 0 Å². The molecule has 0 spiro atoms. The largest absolute Gasteiger partial charge is 0.362 e. The maximum Gasteiger partial charge on any atom is 0.239 e. The zero-order chi connectivity index (χ0) is 15.0. The summed E-state index contributed by atoms with van der Waals surface area (Å²) in [6.45, 7) is 9.48. The summed E-state index contributed by atoms with van der Waals surface area (Å²) in [7, 11) is 0. The Kier molecular flexibility index (Phi) is 7.41. The molecule has 0 saturated carbocycles. The molecule has 0 bridgehead atoms. The van der Waals surface area contributed by atoms with Crippen molar-refractivity contribution in [2.45, 2.75) is 27.3 Å². The summed E-state index contributed by atoms with van der Waals surface area (Å²) in [6.07, 6.45) is 0. The molecular weight excluding hydrogens is 274 g/mol. The monoisotopic (exact) mass is 297 g/mol. The lowest BCUT2D eigenvalue weighted by Gasteiger charge is -2.25. The molecule has 4 nitrogen and oxygen atoms in total. The fourth-order valence-corrected chi connectivity index (χ4v) is 2.25. The fraction of sp³-hybridized carbons (Fsp3) is 0.533. The van der Waals surface area contributed by atoms with Crippen LogP contribution in [0.1, 0.15) is 26.3 Å². The zero-order valence-electron chi connectivity index (χ0n) is 12.5. The molecule has 0 radical (unpaired) electrons. The minimum absolute atomic E-state index is 0.0405. The maximum absolute atomic E-state index is 11.8. The van der Waals surface area contributed by atoms with E-state index in [2.05, 4.69) is 22.5 Å². The van der Waals surface area contributed by atoms with Crippen LogP contribution >= 0.6 is 11.6 Å². The first-order valence-corrected chi connectivity index (χ1v) is 7.50. The maximum atomic E-state index is 11.8. The van der Waals surface area contributed by atoms with Crippen molar-refractivity contribution in [2.24, 2.45) is 0 Å². The van der Waals surface area contributed by atoms with Crippen molar-refractivity contribution in [3.8, 4) is 0 Å². The van der Waals surface area contributed by atoms with Crippen LogP contribution in [0.5, 0.6) is 0 Å². The fourth-order valence-electron chi connectivity index (χ4n) is 2.06. The molecule has 112 valence electrons. The molecule has 0 heterocycles. The number of amides is 1. The number of hydrogen-bond acceptors (Lipinski definition) is 3. The predicted molar refractivity (Wildman–Crippen MR) is 85.4 cm³/mol. The van der Waals surface area contributed by atoms with Gasteiger partial charge in [-0.15, -0.1) is 0 Å². The van der Waals surface area contributed by atoms with Gasteiger partial charge in [0.25, 0.3) is 0 Å². The van der Waals surface area contributed by atoms with E-state index in [1.165, 1.54) is 0 Å². The van der Waals surface area contributed by atoms with E-state index in [1.807, 2.05) is 32.0 Å². The molecule has 0 aliphatic heterocycles. The summed E-state index contributed by atoms with van der Waals surface area (Å²) in [6, 6.07) is 5.81. The molecule has 0 aliphatic carbocycles. The topological polar surface area (TPSA) is 44.4 Å². The van der Waals surface area contributed by atoms with Gasteiger partial charge in [0.1, 0.15) is 0 Å². The van der Waals surface area contributed by atoms with E-state index in [4.69, 9.17) is 11.6 Å². The van der Waals surface area contributed by atoms with Gasteiger partial charge in [0.2, 0.25) is 5.91 Å². The number of carbonyl (C=O) groups excluding carboxylic acids is 1. The van der Waals surface area contributed by atoms with E-state index in [0.717, 1.165) is 35.9 Å². The summed E-state index contributed by atoms with van der Waals surface area (Å²) in [5.74, 6) is 0.0405. The van der Waals surface area contributed by atoms with E-state index in [0.29, 0.717) is 13.1 Å². The molecule has 0 saturated heterocycles. The third kappa shape index (κ3) is 5.02. The molecule has 0 aromatic heterocycles. The van der Waals surface area contributed by atoms with Crippen LogP contribution in [0.3, 0.4) is 0 Å². The van der Waals surface area contributed by atoms with Gasteiger partial charge >= 0.3 is 0 Å². The van der Waals surface area contributed by atoms with Gasteiger partial charge in [-0.3, -0.25) is 4.79 Å². The Morgan fingerprint density at radius 3 is 2.60 bits per heavy atom. The number of carbonyl (C=O) groups is 1. The van der Waals surface area contributed by atoms with E-state index < -0.39 is 0 Å². The van der Waals surface area contributed by atoms with Gasteiger partial charge in [-0.2, -0.15) is 0 Å². The average molecular weight is 298 g/mol. The lowest BCUT2D eigenvalue weighted by molar-refractivity contribution is -0.119. The van der Waals surface area contributed by atoms with Gasteiger partial charge in [-0.05, 0) is 44.2 Å². The number of likely N-dealkylation sites (N-methyl/N-ethyl adjacent to an activating group) is 2. The van der Waals surface area contributed by atoms with Crippen LogP contribution in [0.25, 0.3) is 0 Å². The molecule has 5 heteroatoms. The molecule has 0 aliphatic rings. The van der Waals surface area contributed by atoms with Crippen LogP contribution in [-0.2, 0) is 11.3 Å². The summed E-state index contributed by atoms with van der Waals surface area (Å²) < 4.78 is 0. The van der Waals surface area contributed by atoms with E-state index in [-0.39, 0.29) is 5.91 Å². The molecule has 0 fully saturated rings. The van der Waals surface area contributed by atoms with Crippen molar-refractivity contribution in [3.63, 3.8) is 0 Å². The van der Waals surface area contributed by atoms with Gasteiger partial charge in [0.05, 0.1) is 6.54 Å². The number of halogens is 1. The first kappa shape index (κ1) is 16.8. The molecule has 1 aromatic rings. The second-order valence-corrected chi connectivity index (χ2v) is 4.96. The second-order valence-electron chi connectivity index (χ2n) is 4.52. The van der Waals surface area contributed by atoms with Crippen LogP contribution in [0.4, 0.5) is 5.69 Å². The molecule has 1 aromatic carbocycles. The Bertz CT molecular complexity index is 437. The van der Waals surface area contributed by atoms with Gasteiger partial charge in [-0.25, -0.2) is 0 Å². The smallest absolute Gasteiger partial charge is 0.239 e. The predicted octanol–water partition coefficient (Wildman–Crippen LogP) is 2.41. The molecule has 1 rings (SSSR count). The van der Waals surface area contributed by atoms with Gasteiger partial charge < -0.3 is 15.5 Å². The Balaban J connectivity index is 2.92. The minimum Gasteiger partial charge on any atom is -0.362 e. The highest BCUT2D eigenvalue weighted by atomic mass is 35.5. The highest BCUT2D eigenvalue weighted by Crippen LogP contribution is 2.24. The van der Waals surface area contributed by atoms with Crippen molar-refractivity contribution in [2.75, 3.05) is 31.1 Å². The van der Waals surface area contributed by atoms with Crippen molar-refractivity contribution in [1.29, 1.82) is 0 Å². The first-order chi connectivity index (χ1) is 9.62. The molecule has 20 heavy (non-hydrogen) atoms. The van der Waals surface area contributed by atoms with E-state index in [1.54, 1.807) is 0 Å². The Morgan fingerprint density at radius 1 is 1.25 bits per heavy atom. The summed E-state index contributed by atoms with van der Waals surface area (Å²) in [5.41, 5.74) is 2.18. The molecule has 0 unspecified atom stereocenters. The molecule has 1 amide bonds. The van der Waals surface area contributed by atoms with Crippen LogP contribution < -0.4 is 15.5 Å². The lowest BCUT2D eigenvalue weighted by Crippen LogP contribution is -2.37. The molecule has 0 atom stereocenters. The van der Waals surface area contributed by atoms with Gasteiger partial charge in [-0.1, -0.05) is 18.5 Å². The minimum atomic E-state index is 0.0405. The van der Waals surface area contributed by atoms with Crippen LogP contribution in [0.15, 0.2) is 18.2 Å². The number of anilines is 1. The van der Waals surface area contributed by atoms with Crippen molar-refractivity contribution in [3.05, 3.63) is 28.8 Å². The molecule has 2 N–H and O–H groups in total. The average Bonchev–Trinajstić information content (AvgIpc) is 2.43. The Labute approximate surface area is 126 Å². The standard InChI is InChI=1S/C15H24ClN3O/c1-4-17-10-12-9-13(16)7-8-14(12)19(6-3)11-15(20)18-5-2/h7-9,17H,4-6,10-11H2,1-3H3,(H,18,20). The third-order valence-electron chi connectivity index (χ3n) is 3.04. The van der Waals surface area contributed by atoms with Crippen molar-refractivity contribution >= 4 is 23.2 Å². The lowest BCUT2D eigenvalue weighted by atomic mass is 10.1. The highest BCUT2D eigenvalue weighted by Gasteiger charge is 2.13. The summed E-state index contributed by atoms with van der Waals surface area (Å²) >= 11 is 6.07. The van der Waals surface area contributed by atoms with Crippen LogP contribution in [0, 0.1) is 0 Å². The van der Waals surface area contributed by atoms with E-state index in [9.17, 15) is 4.79 Å². The van der Waals surface area contributed by atoms with Gasteiger partial charge in [0, 0.05) is 30.3 Å². The highest BCUT2D eigenvalue weighted by molar-refractivity contribution is 6.30. The second kappa shape index (κ2) is 8.82. The quantitative estimate of drug-likeness (QED) is 0.774. The number of rotatable bonds is 8. The SMILES string of the molecule is CCNCc1cc(Cl)ccc1N(CC)CC(=O)NCC. The summed E-state index contributed by atoms with van der Waals surface area (Å²) in [4.78, 5) is 13.8. The number of nitrogens with zero attached hydrogens (tertiary/aromatic N) is 1. The number of nitrogens with one attached hydrogen (secondary N) is 2. The number of hydrogen-bond donors (Lipinski definition) is 2. The molecular formula is C15H24ClN3O. The first-order valence-electron chi connectivity index (χ1n) is 7.13. The number of benzene rings is 1. The Morgan fingerprint density at radius 2 is 2.00 bits per heavy atom. The van der Waals surface area contributed by atoms with Gasteiger partial charge in [0.15, 0.2) is 0 Å².